The number of thiocarbonyl (C=S) groups is 1. The van der Waals surface area contributed by atoms with Crippen LogP contribution in [0.5, 0.6) is 5.75 Å². The van der Waals surface area contributed by atoms with Crippen molar-refractivity contribution in [3.63, 3.8) is 0 Å². The zero-order valence-electron chi connectivity index (χ0n) is 17.3. The number of rotatable bonds is 6. The highest BCUT2D eigenvalue weighted by molar-refractivity contribution is 7.80. The van der Waals surface area contributed by atoms with Crippen LogP contribution >= 0.6 is 35.2 Å². The van der Waals surface area contributed by atoms with Gasteiger partial charge in [-0.15, -0.1) is 10.2 Å². The minimum absolute atomic E-state index is 0.180. The molecule has 0 radical (unpaired) electrons. The molecular weight excluding hydrogens is 468 g/mol. The van der Waals surface area contributed by atoms with Gasteiger partial charge in [0, 0.05) is 23.2 Å². The molecule has 0 aliphatic heterocycles. The third-order valence-corrected chi connectivity index (χ3v) is 5.93. The van der Waals surface area contributed by atoms with Crippen molar-refractivity contribution in [2.24, 2.45) is 0 Å². The molecule has 0 saturated heterocycles. The highest BCUT2D eigenvalue weighted by Crippen LogP contribution is 2.27. The van der Waals surface area contributed by atoms with E-state index in [0.717, 1.165) is 33.5 Å². The third-order valence-electron chi connectivity index (χ3n) is 4.48. The number of nitrogens with one attached hydrogen (secondary N) is 2. The Morgan fingerprint density at radius 3 is 2.66 bits per heavy atom. The van der Waals surface area contributed by atoms with Crippen molar-refractivity contribution in [1.82, 2.24) is 25.1 Å². The Labute approximate surface area is 198 Å². The second-order valence-electron chi connectivity index (χ2n) is 6.64. The molecule has 2 heterocycles. The van der Waals surface area contributed by atoms with E-state index in [-0.39, 0.29) is 11.0 Å². The van der Waals surface area contributed by atoms with E-state index in [0.29, 0.717) is 22.9 Å². The average Bonchev–Trinajstić information content (AvgIpc) is 3.36. The molecule has 0 unspecified atom stereocenters. The molecule has 2 aromatic heterocycles. The Kier molecular flexibility index (Phi) is 6.63. The molecule has 0 bridgehead atoms. The monoisotopic (exact) mass is 486 g/mol. The first kappa shape index (κ1) is 22.1. The van der Waals surface area contributed by atoms with Crippen molar-refractivity contribution in [3.05, 3.63) is 58.9 Å². The molecule has 8 nitrogen and oxygen atoms in total. The number of carbonyl (C=O) groups excluding carboxylic acids is 1. The number of nitrogens with zero attached hydrogens (tertiary/aromatic N) is 4. The quantitative estimate of drug-likeness (QED) is 0.385. The van der Waals surface area contributed by atoms with E-state index < -0.39 is 0 Å². The number of carbonyl (C=O) groups is 1. The Hall–Kier alpha value is -3.08. The third kappa shape index (κ3) is 4.72. The Morgan fingerprint density at radius 1 is 1.19 bits per heavy atom. The molecule has 0 atom stereocenters. The SMILES string of the molecule is CCOc1ccc(C(=O)NC(=S)Nc2ccc(-c3nn4c(CC)nnc4s3)cc2)cc1Cl. The number of anilines is 1. The van der Waals surface area contributed by atoms with Gasteiger partial charge in [0.25, 0.3) is 5.91 Å². The fraction of sp³-hybridized carbons (Fsp3) is 0.190. The van der Waals surface area contributed by atoms with Gasteiger partial charge in [0.05, 0.1) is 11.6 Å². The summed E-state index contributed by atoms with van der Waals surface area (Å²) in [5, 5.41) is 19.9. The van der Waals surface area contributed by atoms with E-state index in [1.807, 2.05) is 38.1 Å². The molecule has 2 N–H and O–H groups in total. The minimum atomic E-state index is -0.365. The van der Waals surface area contributed by atoms with E-state index >= 15 is 0 Å². The number of aromatic nitrogens is 4. The number of benzene rings is 2. The molecule has 0 spiro atoms. The zero-order valence-corrected chi connectivity index (χ0v) is 19.6. The van der Waals surface area contributed by atoms with Crippen LogP contribution in [-0.2, 0) is 6.42 Å². The van der Waals surface area contributed by atoms with Crippen LogP contribution in [0.3, 0.4) is 0 Å². The summed E-state index contributed by atoms with van der Waals surface area (Å²) in [6.07, 6.45) is 0.763. The second kappa shape index (κ2) is 9.60. The maximum atomic E-state index is 12.5. The number of aryl methyl sites for hydroxylation is 1. The van der Waals surface area contributed by atoms with Gasteiger partial charge in [0.1, 0.15) is 10.8 Å². The van der Waals surface area contributed by atoms with Gasteiger partial charge in [0.2, 0.25) is 4.96 Å². The summed E-state index contributed by atoms with van der Waals surface area (Å²) in [5.74, 6) is 0.994. The van der Waals surface area contributed by atoms with E-state index in [1.165, 1.54) is 11.3 Å². The number of fused-ring (bicyclic) bond motifs is 1. The first-order valence-corrected chi connectivity index (χ1v) is 11.4. The maximum absolute atomic E-state index is 12.5. The minimum Gasteiger partial charge on any atom is -0.492 e. The lowest BCUT2D eigenvalue weighted by Gasteiger charge is -2.11. The maximum Gasteiger partial charge on any atom is 0.257 e. The first-order chi connectivity index (χ1) is 15.5. The van der Waals surface area contributed by atoms with E-state index in [9.17, 15) is 4.79 Å². The van der Waals surface area contributed by atoms with Gasteiger partial charge in [-0.2, -0.15) is 9.61 Å². The van der Waals surface area contributed by atoms with E-state index in [2.05, 4.69) is 25.9 Å². The van der Waals surface area contributed by atoms with Gasteiger partial charge < -0.3 is 10.1 Å². The summed E-state index contributed by atoms with van der Waals surface area (Å²) < 4.78 is 7.15. The van der Waals surface area contributed by atoms with Crippen LogP contribution in [0.4, 0.5) is 5.69 Å². The summed E-state index contributed by atoms with van der Waals surface area (Å²) in [6.45, 7) is 4.37. The Balaban J connectivity index is 1.39. The summed E-state index contributed by atoms with van der Waals surface area (Å²) in [4.78, 5) is 13.2. The average molecular weight is 487 g/mol. The van der Waals surface area contributed by atoms with Crippen LogP contribution in [0.1, 0.15) is 30.0 Å². The van der Waals surface area contributed by atoms with Crippen LogP contribution < -0.4 is 15.4 Å². The number of halogens is 1. The molecule has 0 aliphatic rings. The molecule has 11 heteroatoms. The van der Waals surface area contributed by atoms with Gasteiger partial charge in [-0.1, -0.05) is 29.9 Å². The Bertz CT molecular complexity index is 1290. The predicted molar refractivity (Wildman–Crippen MR) is 130 cm³/mol. The lowest BCUT2D eigenvalue weighted by Crippen LogP contribution is -2.34. The lowest BCUT2D eigenvalue weighted by atomic mass is 10.2. The van der Waals surface area contributed by atoms with Gasteiger partial charge in [-0.3, -0.25) is 10.1 Å². The normalized spacial score (nSPS) is 10.8. The van der Waals surface area contributed by atoms with Crippen LogP contribution in [0.2, 0.25) is 5.02 Å². The van der Waals surface area contributed by atoms with Crippen LogP contribution in [-0.4, -0.2) is 37.4 Å². The van der Waals surface area contributed by atoms with Crippen molar-refractivity contribution in [1.29, 1.82) is 0 Å². The highest BCUT2D eigenvalue weighted by Gasteiger charge is 2.13. The summed E-state index contributed by atoms with van der Waals surface area (Å²) in [7, 11) is 0. The van der Waals surface area contributed by atoms with Crippen LogP contribution in [0.25, 0.3) is 15.5 Å². The topological polar surface area (TPSA) is 93.4 Å². The lowest BCUT2D eigenvalue weighted by molar-refractivity contribution is 0.0977. The van der Waals surface area contributed by atoms with Gasteiger partial charge in [-0.05, 0) is 61.6 Å². The molecule has 1 amide bonds. The van der Waals surface area contributed by atoms with Crippen molar-refractivity contribution >= 4 is 56.8 Å². The molecule has 0 fully saturated rings. The first-order valence-electron chi connectivity index (χ1n) is 9.84. The molecule has 0 aliphatic carbocycles. The zero-order chi connectivity index (χ0) is 22.7. The standard InChI is InChI=1S/C21H19ClN6O2S2/c1-3-17-25-26-21-28(17)27-19(32-21)12-5-8-14(9-6-12)23-20(31)24-18(29)13-7-10-16(30-4-2)15(22)11-13/h5-11H,3-4H2,1-2H3,(H2,23,24,29,31). The molecule has 32 heavy (non-hydrogen) atoms. The van der Waals surface area contributed by atoms with Crippen molar-refractivity contribution in [2.45, 2.75) is 20.3 Å². The molecular formula is C21H19ClN6O2S2. The summed E-state index contributed by atoms with van der Waals surface area (Å²) in [6, 6.07) is 12.4. The number of hydrogen-bond donors (Lipinski definition) is 2. The van der Waals surface area contributed by atoms with Crippen LogP contribution in [0, 0.1) is 0 Å². The number of amides is 1. The predicted octanol–water partition coefficient (Wildman–Crippen LogP) is 4.59. The summed E-state index contributed by atoms with van der Waals surface area (Å²) >= 11 is 12.9. The van der Waals surface area contributed by atoms with E-state index in [4.69, 9.17) is 28.6 Å². The largest absolute Gasteiger partial charge is 0.492 e. The second-order valence-corrected chi connectivity index (χ2v) is 8.41. The fourth-order valence-electron chi connectivity index (χ4n) is 2.94. The highest BCUT2D eigenvalue weighted by atomic mass is 35.5. The van der Waals surface area contributed by atoms with Crippen molar-refractivity contribution in [2.75, 3.05) is 11.9 Å². The molecule has 4 rings (SSSR count). The molecule has 164 valence electrons. The molecule has 2 aromatic carbocycles. The van der Waals surface area contributed by atoms with Crippen molar-refractivity contribution in [3.8, 4) is 16.3 Å². The van der Waals surface area contributed by atoms with Gasteiger partial charge >= 0.3 is 0 Å². The smallest absolute Gasteiger partial charge is 0.257 e. The van der Waals surface area contributed by atoms with Gasteiger partial charge in [0.15, 0.2) is 10.9 Å². The van der Waals surface area contributed by atoms with Crippen molar-refractivity contribution < 1.29 is 9.53 Å². The number of hydrogen-bond acceptors (Lipinski definition) is 7. The fourth-order valence-corrected chi connectivity index (χ4v) is 4.25. The van der Waals surface area contributed by atoms with E-state index in [1.54, 1.807) is 22.7 Å². The van der Waals surface area contributed by atoms with Crippen LogP contribution in [0.15, 0.2) is 42.5 Å². The van der Waals surface area contributed by atoms with Gasteiger partial charge in [-0.25, -0.2) is 0 Å². The Morgan fingerprint density at radius 2 is 1.97 bits per heavy atom. The summed E-state index contributed by atoms with van der Waals surface area (Å²) in [5.41, 5.74) is 2.07. The number of ether oxygens (including phenoxy) is 1. The molecule has 0 saturated carbocycles. The molecule has 4 aromatic rings.